The van der Waals surface area contributed by atoms with Crippen LogP contribution in [0.15, 0.2) is 54.6 Å². The molecular formula is C30H40N4O3. The van der Waals surface area contributed by atoms with Crippen LogP contribution in [-0.4, -0.2) is 59.4 Å². The van der Waals surface area contributed by atoms with Crippen LogP contribution in [0, 0.1) is 12.8 Å². The van der Waals surface area contributed by atoms with Crippen molar-refractivity contribution in [2.24, 2.45) is 5.92 Å². The monoisotopic (exact) mass is 504 g/mol. The maximum Gasteiger partial charge on any atom is 0.250 e. The summed E-state index contributed by atoms with van der Waals surface area (Å²) < 4.78 is 0. The number of nitrogens with one attached hydrogen (secondary N) is 1. The van der Waals surface area contributed by atoms with Gasteiger partial charge in [-0.15, -0.1) is 0 Å². The van der Waals surface area contributed by atoms with E-state index in [1.807, 2.05) is 66.4 Å². The summed E-state index contributed by atoms with van der Waals surface area (Å²) in [7, 11) is 0. The average molecular weight is 505 g/mol. The van der Waals surface area contributed by atoms with Crippen molar-refractivity contribution in [2.45, 2.75) is 64.8 Å². The molecule has 7 heteroatoms. The number of likely N-dealkylation sites (tertiary alicyclic amines) is 1. The van der Waals surface area contributed by atoms with Crippen molar-refractivity contribution in [1.82, 2.24) is 9.80 Å². The van der Waals surface area contributed by atoms with Gasteiger partial charge in [0.05, 0.1) is 6.67 Å². The van der Waals surface area contributed by atoms with Crippen LogP contribution >= 0.6 is 0 Å². The average Bonchev–Trinajstić information content (AvgIpc) is 3.17. The quantitative estimate of drug-likeness (QED) is 0.532. The van der Waals surface area contributed by atoms with E-state index in [2.05, 4.69) is 24.1 Å². The Labute approximate surface area is 220 Å². The van der Waals surface area contributed by atoms with Crippen LogP contribution in [0.2, 0.25) is 0 Å². The van der Waals surface area contributed by atoms with Crippen molar-refractivity contribution in [1.29, 1.82) is 0 Å². The van der Waals surface area contributed by atoms with Crippen LogP contribution in [0.5, 0.6) is 0 Å². The summed E-state index contributed by atoms with van der Waals surface area (Å²) in [5, 5.41) is 2.92. The maximum atomic E-state index is 13.9. The highest BCUT2D eigenvalue weighted by Gasteiger charge is 2.54. The molecule has 1 spiro atoms. The first-order valence-corrected chi connectivity index (χ1v) is 13.7. The number of hydrogen-bond acceptors (Lipinski definition) is 4. The van der Waals surface area contributed by atoms with Gasteiger partial charge in [-0.2, -0.15) is 0 Å². The van der Waals surface area contributed by atoms with Crippen molar-refractivity contribution in [2.75, 3.05) is 36.5 Å². The molecule has 2 aromatic rings. The van der Waals surface area contributed by atoms with Crippen LogP contribution in [0.3, 0.4) is 0 Å². The SMILES string of the molecule is CCCCC(CC)C(=O)N1CCC2(CC1)C(=O)N(CC(=O)Nc1ccc(C)cc1)CN2c1ccccc1. The second-order valence-corrected chi connectivity index (χ2v) is 10.4. The summed E-state index contributed by atoms with van der Waals surface area (Å²) >= 11 is 0. The fraction of sp³-hybridized carbons (Fsp3) is 0.500. The first kappa shape index (κ1) is 26.7. The Morgan fingerprint density at radius 1 is 1.00 bits per heavy atom. The highest BCUT2D eigenvalue weighted by atomic mass is 16.2. The van der Waals surface area contributed by atoms with E-state index in [0.717, 1.165) is 42.6 Å². The van der Waals surface area contributed by atoms with Crippen LogP contribution < -0.4 is 10.2 Å². The van der Waals surface area contributed by atoms with Crippen molar-refractivity contribution >= 4 is 29.1 Å². The molecule has 2 aliphatic rings. The third kappa shape index (κ3) is 5.81. The number of rotatable bonds is 9. The van der Waals surface area contributed by atoms with Gasteiger partial charge in [-0.1, -0.05) is 62.6 Å². The van der Waals surface area contributed by atoms with E-state index in [1.54, 1.807) is 4.90 Å². The molecule has 0 saturated carbocycles. The predicted octanol–water partition coefficient (Wildman–Crippen LogP) is 4.82. The molecule has 2 aliphatic heterocycles. The molecular weight excluding hydrogens is 464 g/mol. The predicted molar refractivity (Wildman–Crippen MR) is 147 cm³/mol. The number of piperidine rings is 1. The van der Waals surface area contributed by atoms with Gasteiger partial charge in [0.25, 0.3) is 5.91 Å². The van der Waals surface area contributed by atoms with Crippen LogP contribution in [-0.2, 0) is 14.4 Å². The van der Waals surface area contributed by atoms with Gasteiger partial charge in [-0.05, 0) is 56.9 Å². The standard InChI is InChI=1S/C30H40N4O3/c1-4-6-10-24(5-2)28(36)32-19-17-30(18-20-32)29(37)33(22-34(30)26-11-8-7-9-12-26)21-27(35)31-25-15-13-23(3)14-16-25/h7-9,11-16,24H,4-6,10,17-22H2,1-3H3,(H,31,35). The Bertz CT molecular complexity index is 1080. The Morgan fingerprint density at radius 3 is 2.30 bits per heavy atom. The molecule has 7 nitrogen and oxygen atoms in total. The molecule has 198 valence electrons. The number of aryl methyl sites for hydroxylation is 1. The smallest absolute Gasteiger partial charge is 0.250 e. The van der Waals surface area contributed by atoms with E-state index in [4.69, 9.17) is 0 Å². The number of para-hydroxylation sites is 1. The molecule has 2 heterocycles. The van der Waals surface area contributed by atoms with Gasteiger partial charge in [0.2, 0.25) is 11.8 Å². The van der Waals surface area contributed by atoms with Gasteiger partial charge >= 0.3 is 0 Å². The summed E-state index contributed by atoms with van der Waals surface area (Å²) in [6, 6.07) is 17.6. The highest BCUT2D eigenvalue weighted by Crippen LogP contribution is 2.40. The number of carbonyl (C=O) groups is 3. The maximum absolute atomic E-state index is 13.9. The van der Waals surface area contributed by atoms with E-state index in [9.17, 15) is 14.4 Å². The normalized spacial score (nSPS) is 17.8. The lowest BCUT2D eigenvalue weighted by Crippen LogP contribution is -2.58. The lowest BCUT2D eigenvalue weighted by atomic mass is 9.84. The number of nitrogens with zero attached hydrogens (tertiary/aromatic N) is 3. The van der Waals surface area contributed by atoms with E-state index < -0.39 is 5.54 Å². The molecule has 0 aromatic heterocycles. The lowest BCUT2D eigenvalue weighted by molar-refractivity contribution is -0.141. The zero-order chi connectivity index (χ0) is 26.4. The van der Waals surface area contributed by atoms with Crippen LogP contribution in [0.4, 0.5) is 11.4 Å². The second kappa shape index (κ2) is 11.8. The summed E-state index contributed by atoms with van der Waals surface area (Å²) in [4.78, 5) is 45.8. The first-order chi connectivity index (χ1) is 17.9. The van der Waals surface area contributed by atoms with E-state index >= 15 is 0 Å². The van der Waals surface area contributed by atoms with E-state index in [1.165, 1.54) is 0 Å². The van der Waals surface area contributed by atoms with Gasteiger partial charge in [0.1, 0.15) is 12.1 Å². The van der Waals surface area contributed by atoms with Crippen molar-refractivity contribution in [3.05, 3.63) is 60.2 Å². The molecule has 3 amide bonds. The molecule has 0 bridgehead atoms. The summed E-state index contributed by atoms with van der Waals surface area (Å²) in [5.74, 6) is 0.0365. The van der Waals surface area contributed by atoms with Gasteiger partial charge in [-0.25, -0.2) is 0 Å². The molecule has 2 fully saturated rings. The lowest BCUT2D eigenvalue weighted by Gasteiger charge is -2.44. The van der Waals surface area contributed by atoms with Crippen molar-refractivity contribution in [3.8, 4) is 0 Å². The molecule has 2 saturated heterocycles. The fourth-order valence-corrected chi connectivity index (χ4v) is 5.64. The number of carbonyl (C=O) groups excluding carboxylic acids is 3. The van der Waals surface area contributed by atoms with E-state index in [-0.39, 0.29) is 30.2 Å². The van der Waals surface area contributed by atoms with Crippen molar-refractivity contribution < 1.29 is 14.4 Å². The number of unbranched alkanes of at least 4 members (excludes halogenated alkanes) is 1. The molecule has 1 unspecified atom stereocenters. The molecule has 2 aromatic carbocycles. The summed E-state index contributed by atoms with van der Waals surface area (Å²) in [5.41, 5.74) is 2.06. The minimum absolute atomic E-state index is 0.00460. The molecule has 1 N–H and O–H groups in total. The van der Waals surface area contributed by atoms with Crippen molar-refractivity contribution in [3.63, 3.8) is 0 Å². The third-order valence-corrected chi connectivity index (χ3v) is 7.90. The molecule has 1 atom stereocenters. The molecule has 37 heavy (non-hydrogen) atoms. The van der Waals surface area contributed by atoms with Gasteiger partial charge < -0.3 is 20.0 Å². The van der Waals surface area contributed by atoms with Gasteiger partial charge in [-0.3, -0.25) is 14.4 Å². The number of anilines is 2. The Hall–Kier alpha value is -3.35. The molecule has 0 aliphatic carbocycles. The molecule has 0 radical (unpaired) electrons. The zero-order valence-corrected chi connectivity index (χ0v) is 22.4. The summed E-state index contributed by atoms with van der Waals surface area (Å²) in [6.07, 6.45) is 5.04. The largest absolute Gasteiger partial charge is 0.342 e. The third-order valence-electron chi connectivity index (χ3n) is 7.90. The number of hydrogen-bond donors (Lipinski definition) is 1. The Morgan fingerprint density at radius 2 is 1.68 bits per heavy atom. The highest BCUT2D eigenvalue weighted by molar-refractivity contribution is 5.99. The second-order valence-electron chi connectivity index (χ2n) is 10.4. The minimum atomic E-state index is -0.743. The van der Waals surface area contributed by atoms with Crippen LogP contribution in [0.25, 0.3) is 0 Å². The van der Waals surface area contributed by atoms with E-state index in [0.29, 0.717) is 32.6 Å². The zero-order valence-electron chi connectivity index (χ0n) is 22.4. The Balaban J connectivity index is 1.49. The minimum Gasteiger partial charge on any atom is -0.342 e. The topological polar surface area (TPSA) is 73.0 Å². The fourth-order valence-electron chi connectivity index (χ4n) is 5.64. The summed E-state index contributed by atoms with van der Waals surface area (Å²) in [6.45, 7) is 7.69. The Kier molecular flexibility index (Phi) is 8.52. The number of amides is 3. The van der Waals surface area contributed by atoms with Crippen LogP contribution in [0.1, 0.15) is 57.9 Å². The first-order valence-electron chi connectivity index (χ1n) is 13.7. The van der Waals surface area contributed by atoms with Gasteiger partial charge in [0.15, 0.2) is 0 Å². The molecule has 4 rings (SSSR count). The number of benzene rings is 2. The van der Waals surface area contributed by atoms with Gasteiger partial charge in [0, 0.05) is 30.4 Å².